The molecule has 1 aliphatic rings. The van der Waals surface area contributed by atoms with E-state index in [1.165, 1.54) is 42.5 Å². The van der Waals surface area contributed by atoms with Gasteiger partial charge in [-0.05, 0) is 48.1 Å². The summed E-state index contributed by atoms with van der Waals surface area (Å²) in [7, 11) is 0. The van der Waals surface area contributed by atoms with E-state index in [9.17, 15) is 23.5 Å². The molecule has 0 amide bonds. The molecule has 6 rings (SSSR count). The van der Waals surface area contributed by atoms with Crippen LogP contribution in [0.2, 0.25) is 0 Å². The number of carbonyl (C=O) groups is 1. The van der Waals surface area contributed by atoms with Gasteiger partial charge in [-0.15, -0.1) is 0 Å². The molecule has 2 heterocycles. The Bertz CT molecular complexity index is 1800. The number of para-hydroxylation sites is 1. The average Bonchev–Trinajstić information content (AvgIpc) is 3.23. The molecule has 0 saturated heterocycles. The molecule has 5 nitrogen and oxygen atoms in total. The van der Waals surface area contributed by atoms with Crippen LogP contribution in [0.3, 0.4) is 0 Å². The molecule has 0 aliphatic heterocycles. The largest absolute Gasteiger partial charge is 0.376 e. The Morgan fingerprint density at radius 2 is 1.49 bits per heavy atom. The minimum Gasteiger partial charge on any atom is -0.376 e. The van der Waals surface area contributed by atoms with E-state index < -0.39 is 22.8 Å². The first-order chi connectivity index (χ1) is 17.9. The third-order valence-corrected chi connectivity index (χ3v) is 6.77. The number of fused-ring (bicyclic) bond motifs is 3. The number of hydrogen-bond acceptors (Lipinski definition) is 3. The minimum absolute atomic E-state index is 0.162. The number of nitrogens with zero attached hydrogens (tertiary/aromatic N) is 1. The standard InChI is InChI=1S/C30H20F2N2O3/c31-22-10-6-11-23(32)21(22)17-34-24-12-5-4-9-20(24)26-25(18-7-2-1-3-8-18)28(33-29(36)27(26)34)30(37)15-13-19(35)14-16-30/h1-16,37H,17H2,(H,33,36). The van der Waals surface area contributed by atoms with E-state index in [-0.39, 0.29) is 29.1 Å². The van der Waals surface area contributed by atoms with Crippen LogP contribution in [0.4, 0.5) is 8.78 Å². The number of benzene rings is 3. The third kappa shape index (κ3) is 3.63. The topological polar surface area (TPSA) is 75.1 Å². The Morgan fingerprint density at radius 1 is 0.838 bits per heavy atom. The molecule has 1 aliphatic carbocycles. The van der Waals surface area contributed by atoms with Crippen molar-refractivity contribution in [2.45, 2.75) is 12.1 Å². The zero-order chi connectivity index (χ0) is 25.7. The van der Waals surface area contributed by atoms with E-state index in [1.54, 1.807) is 16.7 Å². The molecule has 2 aromatic heterocycles. The van der Waals surface area contributed by atoms with Crippen LogP contribution < -0.4 is 5.56 Å². The van der Waals surface area contributed by atoms with Gasteiger partial charge in [0.15, 0.2) is 5.78 Å². The number of halogens is 2. The van der Waals surface area contributed by atoms with E-state index in [0.29, 0.717) is 27.4 Å². The van der Waals surface area contributed by atoms with Crippen molar-refractivity contribution in [3.8, 4) is 11.1 Å². The number of allylic oxidation sites excluding steroid dienone is 2. The first-order valence-electron chi connectivity index (χ1n) is 11.7. The van der Waals surface area contributed by atoms with Gasteiger partial charge in [-0.3, -0.25) is 9.59 Å². The highest BCUT2D eigenvalue weighted by atomic mass is 19.1. The lowest BCUT2D eigenvalue weighted by Gasteiger charge is -2.26. The van der Waals surface area contributed by atoms with E-state index in [0.717, 1.165) is 0 Å². The quantitative estimate of drug-likeness (QED) is 0.353. The van der Waals surface area contributed by atoms with Gasteiger partial charge in [0.1, 0.15) is 22.8 Å². The summed E-state index contributed by atoms with van der Waals surface area (Å²) >= 11 is 0. The van der Waals surface area contributed by atoms with Crippen LogP contribution in [-0.2, 0) is 16.9 Å². The van der Waals surface area contributed by atoms with Crippen LogP contribution in [0.25, 0.3) is 32.9 Å². The molecule has 0 fully saturated rings. The van der Waals surface area contributed by atoms with Crippen molar-refractivity contribution < 1.29 is 18.7 Å². The number of pyridine rings is 1. The molecule has 3 aromatic carbocycles. The fraction of sp³-hybridized carbons (Fsp3) is 0.0667. The van der Waals surface area contributed by atoms with Gasteiger partial charge in [0.25, 0.3) is 5.56 Å². The monoisotopic (exact) mass is 494 g/mol. The second kappa shape index (κ2) is 8.50. The van der Waals surface area contributed by atoms with Gasteiger partial charge < -0.3 is 14.7 Å². The zero-order valence-corrected chi connectivity index (χ0v) is 19.4. The van der Waals surface area contributed by atoms with Gasteiger partial charge in [-0.25, -0.2) is 8.78 Å². The molecular formula is C30H20F2N2O3. The Balaban J connectivity index is 1.76. The summed E-state index contributed by atoms with van der Waals surface area (Å²) in [5.74, 6) is -1.70. The van der Waals surface area contributed by atoms with E-state index in [4.69, 9.17) is 0 Å². The molecular weight excluding hydrogens is 474 g/mol. The number of hydrogen-bond donors (Lipinski definition) is 2. The Morgan fingerprint density at radius 3 is 2.19 bits per heavy atom. The number of ketones is 1. The van der Waals surface area contributed by atoms with Gasteiger partial charge in [0.05, 0.1) is 12.2 Å². The second-order valence-corrected chi connectivity index (χ2v) is 8.99. The number of aromatic amines is 1. The lowest BCUT2D eigenvalue weighted by Crippen LogP contribution is -2.29. The van der Waals surface area contributed by atoms with E-state index >= 15 is 0 Å². The highest BCUT2D eigenvalue weighted by Crippen LogP contribution is 2.41. The zero-order valence-electron chi connectivity index (χ0n) is 19.4. The molecule has 0 spiro atoms. The Hall–Kier alpha value is -4.62. The van der Waals surface area contributed by atoms with Crippen LogP contribution in [0, 0.1) is 11.6 Å². The predicted octanol–water partition coefficient (Wildman–Crippen LogP) is 5.36. The van der Waals surface area contributed by atoms with Gasteiger partial charge in [0.2, 0.25) is 0 Å². The molecule has 0 unspecified atom stereocenters. The van der Waals surface area contributed by atoms with Gasteiger partial charge >= 0.3 is 0 Å². The molecule has 7 heteroatoms. The molecule has 37 heavy (non-hydrogen) atoms. The highest BCUT2D eigenvalue weighted by molar-refractivity contribution is 6.15. The molecule has 5 aromatic rings. The van der Waals surface area contributed by atoms with Gasteiger partial charge in [0, 0.05) is 27.4 Å². The summed E-state index contributed by atoms with van der Waals surface area (Å²) in [6.45, 7) is -0.211. The maximum atomic E-state index is 14.7. The van der Waals surface area contributed by atoms with Crippen LogP contribution >= 0.6 is 0 Å². The summed E-state index contributed by atoms with van der Waals surface area (Å²) in [4.78, 5) is 28.3. The van der Waals surface area contributed by atoms with Crippen molar-refractivity contribution in [1.29, 1.82) is 0 Å². The summed E-state index contributed by atoms with van der Waals surface area (Å²) < 4.78 is 30.9. The number of H-pyrrole nitrogens is 1. The molecule has 0 atom stereocenters. The van der Waals surface area contributed by atoms with E-state index in [2.05, 4.69) is 4.98 Å². The van der Waals surface area contributed by atoms with Gasteiger partial charge in [-0.1, -0.05) is 54.6 Å². The number of nitrogens with one attached hydrogen (secondary N) is 1. The van der Waals surface area contributed by atoms with Crippen molar-refractivity contribution in [2.75, 3.05) is 0 Å². The fourth-order valence-electron chi connectivity index (χ4n) is 5.05. The number of aliphatic hydroxyl groups is 1. The van der Waals surface area contributed by atoms with Crippen molar-refractivity contribution in [2.24, 2.45) is 0 Å². The molecule has 0 bridgehead atoms. The summed E-state index contributed by atoms with van der Waals surface area (Å²) in [5, 5.41) is 12.8. The third-order valence-electron chi connectivity index (χ3n) is 6.77. The second-order valence-electron chi connectivity index (χ2n) is 8.99. The molecule has 0 saturated carbocycles. The minimum atomic E-state index is -1.76. The normalized spacial score (nSPS) is 14.6. The van der Waals surface area contributed by atoms with Crippen molar-refractivity contribution in [3.05, 3.63) is 130 Å². The van der Waals surface area contributed by atoms with E-state index in [1.807, 2.05) is 42.5 Å². The van der Waals surface area contributed by atoms with Crippen LogP contribution in [0.5, 0.6) is 0 Å². The summed E-state index contributed by atoms with van der Waals surface area (Å²) in [6.07, 6.45) is 5.18. The van der Waals surface area contributed by atoms with Crippen LogP contribution in [0.1, 0.15) is 11.3 Å². The summed E-state index contributed by atoms with van der Waals surface area (Å²) in [5.41, 5.74) is -0.179. The smallest absolute Gasteiger partial charge is 0.272 e. The van der Waals surface area contributed by atoms with Crippen LogP contribution in [-0.4, -0.2) is 20.4 Å². The average molecular weight is 494 g/mol. The van der Waals surface area contributed by atoms with Crippen molar-refractivity contribution in [3.63, 3.8) is 0 Å². The maximum Gasteiger partial charge on any atom is 0.272 e. The number of aromatic nitrogens is 2. The summed E-state index contributed by atoms with van der Waals surface area (Å²) in [6, 6.07) is 20.1. The lowest BCUT2D eigenvalue weighted by atomic mass is 9.86. The van der Waals surface area contributed by atoms with Crippen molar-refractivity contribution in [1.82, 2.24) is 9.55 Å². The predicted molar refractivity (Wildman–Crippen MR) is 138 cm³/mol. The van der Waals surface area contributed by atoms with Crippen molar-refractivity contribution >= 4 is 27.6 Å². The number of rotatable bonds is 4. The highest BCUT2D eigenvalue weighted by Gasteiger charge is 2.33. The molecule has 182 valence electrons. The Kier molecular flexibility index (Phi) is 5.24. The molecule has 2 N–H and O–H groups in total. The number of carbonyl (C=O) groups excluding carboxylic acids is 1. The SMILES string of the molecule is O=C1C=CC(O)(c2[nH]c(=O)c3c(c2-c2ccccc2)c2ccccc2n3Cc2c(F)cccc2F)C=C1. The maximum absolute atomic E-state index is 14.7. The Labute approximate surface area is 209 Å². The van der Waals surface area contributed by atoms with Gasteiger partial charge in [-0.2, -0.15) is 0 Å². The fourth-order valence-corrected chi connectivity index (χ4v) is 5.05. The van der Waals surface area contributed by atoms with Crippen LogP contribution in [0.15, 0.2) is 102 Å². The molecule has 0 radical (unpaired) electrons. The lowest BCUT2D eigenvalue weighted by molar-refractivity contribution is -0.110. The first kappa shape index (κ1) is 22.8. The first-order valence-corrected chi connectivity index (χ1v) is 11.7.